The minimum Gasteiger partial charge on any atom is -0.382 e. The average molecular weight is 401 g/mol. The zero-order valence-electron chi connectivity index (χ0n) is 17.0. The van der Waals surface area contributed by atoms with Crippen LogP contribution in [0.1, 0.15) is 39.8 Å². The van der Waals surface area contributed by atoms with Crippen LogP contribution in [0.4, 0.5) is 0 Å². The molecule has 0 fully saturated rings. The number of fused-ring (bicyclic) bond motifs is 1. The molecule has 0 saturated carbocycles. The van der Waals surface area contributed by atoms with E-state index in [0.717, 1.165) is 33.8 Å². The molecule has 1 aliphatic rings. The summed E-state index contributed by atoms with van der Waals surface area (Å²) in [5.41, 5.74) is 6.47. The molecule has 0 unspecified atom stereocenters. The molecular formula is C23H23N5O2. The van der Waals surface area contributed by atoms with E-state index in [1.54, 1.807) is 19.5 Å². The molecule has 30 heavy (non-hydrogen) atoms. The molecule has 7 nitrogen and oxygen atoms in total. The first-order valence-corrected chi connectivity index (χ1v) is 9.79. The lowest BCUT2D eigenvalue weighted by Crippen LogP contribution is -2.33. The van der Waals surface area contributed by atoms with Crippen molar-refractivity contribution in [2.45, 2.75) is 25.9 Å². The maximum atomic E-state index is 12.6. The van der Waals surface area contributed by atoms with E-state index >= 15 is 0 Å². The summed E-state index contributed by atoms with van der Waals surface area (Å²) in [7, 11) is 1.60. The normalized spacial score (nSPS) is 13.5. The summed E-state index contributed by atoms with van der Waals surface area (Å²) in [4.78, 5) is 30.4. The number of nitrogens with zero attached hydrogens (tertiary/aromatic N) is 4. The van der Waals surface area contributed by atoms with Gasteiger partial charge in [-0.1, -0.05) is 6.07 Å². The Kier molecular flexibility index (Phi) is 5.90. The Labute approximate surface area is 175 Å². The number of hydrogen-bond donors (Lipinski definition) is 1. The number of aryl methyl sites for hydroxylation is 1. The van der Waals surface area contributed by atoms with Gasteiger partial charge in [-0.05, 0) is 42.8 Å². The van der Waals surface area contributed by atoms with Gasteiger partial charge in [0.15, 0.2) is 0 Å². The van der Waals surface area contributed by atoms with Crippen molar-refractivity contribution >= 4 is 11.6 Å². The molecule has 152 valence electrons. The van der Waals surface area contributed by atoms with Crippen molar-refractivity contribution in [3.8, 4) is 0 Å². The molecule has 1 N–H and O–H groups in total. The molecule has 1 amide bonds. The molecule has 3 aromatic rings. The monoisotopic (exact) mass is 401 g/mol. The van der Waals surface area contributed by atoms with Crippen molar-refractivity contribution in [2.24, 2.45) is 4.99 Å². The largest absolute Gasteiger partial charge is 0.382 e. The van der Waals surface area contributed by atoms with Gasteiger partial charge in [-0.2, -0.15) is 0 Å². The summed E-state index contributed by atoms with van der Waals surface area (Å²) in [6.07, 6.45) is 5.48. The van der Waals surface area contributed by atoms with E-state index in [4.69, 9.17) is 4.74 Å². The van der Waals surface area contributed by atoms with E-state index in [2.05, 4.69) is 25.3 Å². The van der Waals surface area contributed by atoms with Crippen molar-refractivity contribution in [3.05, 3.63) is 88.8 Å². The lowest BCUT2D eigenvalue weighted by Gasteiger charge is -2.17. The molecule has 1 atom stereocenters. The molecule has 0 aliphatic carbocycles. The minimum absolute atomic E-state index is 0.126. The molecule has 0 spiro atoms. The Bertz CT molecular complexity index is 1080. The van der Waals surface area contributed by atoms with E-state index in [-0.39, 0.29) is 18.4 Å². The standard InChI is InChI=1S/C23H23N5O2/c1-15-9-16(6-8-24-15)23-19-13-26-18(10-17(19)12-27-23)11-22(29)28-21(14-30-2)20-5-3-4-7-25-20/h3-10,13,21H,11-12,14H2,1-2H3,(H,28,29)/t21-/m1/s1. The predicted molar refractivity (Wildman–Crippen MR) is 113 cm³/mol. The second kappa shape index (κ2) is 8.92. The van der Waals surface area contributed by atoms with Gasteiger partial charge >= 0.3 is 0 Å². The Morgan fingerprint density at radius 3 is 2.83 bits per heavy atom. The van der Waals surface area contributed by atoms with Gasteiger partial charge in [-0.15, -0.1) is 0 Å². The third kappa shape index (κ3) is 4.41. The Morgan fingerprint density at radius 2 is 2.07 bits per heavy atom. The van der Waals surface area contributed by atoms with Gasteiger partial charge in [-0.25, -0.2) is 0 Å². The first kappa shape index (κ1) is 19.8. The number of rotatable bonds is 7. The van der Waals surface area contributed by atoms with Crippen molar-refractivity contribution in [1.29, 1.82) is 0 Å². The molecule has 0 saturated heterocycles. The van der Waals surface area contributed by atoms with Crippen LogP contribution in [0.25, 0.3) is 0 Å². The average Bonchev–Trinajstić information content (AvgIpc) is 3.17. The van der Waals surface area contributed by atoms with Crippen LogP contribution in [0.2, 0.25) is 0 Å². The summed E-state index contributed by atoms with van der Waals surface area (Å²) in [5.74, 6) is -0.126. The molecule has 1 aliphatic heterocycles. The van der Waals surface area contributed by atoms with E-state index in [1.807, 2.05) is 49.5 Å². The summed E-state index contributed by atoms with van der Waals surface area (Å²) in [5, 5.41) is 2.99. The highest BCUT2D eigenvalue weighted by Gasteiger charge is 2.20. The number of carbonyl (C=O) groups is 1. The second-order valence-corrected chi connectivity index (χ2v) is 7.19. The molecule has 0 aromatic carbocycles. The van der Waals surface area contributed by atoms with Crippen molar-refractivity contribution in [2.75, 3.05) is 13.7 Å². The van der Waals surface area contributed by atoms with Gasteiger partial charge in [0.2, 0.25) is 5.91 Å². The van der Waals surface area contributed by atoms with Crippen molar-refractivity contribution in [1.82, 2.24) is 20.3 Å². The van der Waals surface area contributed by atoms with Crippen LogP contribution < -0.4 is 5.32 Å². The Balaban J connectivity index is 1.46. The molecule has 4 rings (SSSR count). The third-order valence-corrected chi connectivity index (χ3v) is 4.93. The number of carbonyl (C=O) groups excluding carboxylic acids is 1. The topological polar surface area (TPSA) is 89.4 Å². The quantitative estimate of drug-likeness (QED) is 0.657. The maximum Gasteiger partial charge on any atom is 0.226 e. The van der Waals surface area contributed by atoms with Gasteiger partial charge < -0.3 is 10.1 Å². The molecular weight excluding hydrogens is 378 g/mol. The van der Waals surface area contributed by atoms with Crippen LogP contribution in [-0.4, -0.2) is 40.3 Å². The predicted octanol–water partition coefficient (Wildman–Crippen LogP) is 2.58. The van der Waals surface area contributed by atoms with Crippen LogP contribution in [0, 0.1) is 6.92 Å². The number of nitrogens with one attached hydrogen (secondary N) is 1. The molecule has 7 heteroatoms. The summed E-state index contributed by atoms with van der Waals surface area (Å²) in [6, 6.07) is 11.2. The van der Waals surface area contributed by atoms with Gasteiger partial charge in [0.05, 0.1) is 42.7 Å². The molecule has 0 radical (unpaired) electrons. The Hall–Kier alpha value is -3.45. The number of aliphatic imine (C=N–C) groups is 1. The van der Waals surface area contributed by atoms with Crippen LogP contribution in [0.3, 0.4) is 0 Å². The zero-order valence-corrected chi connectivity index (χ0v) is 17.0. The van der Waals surface area contributed by atoms with Gasteiger partial charge in [-0.3, -0.25) is 24.7 Å². The van der Waals surface area contributed by atoms with E-state index in [1.165, 1.54) is 0 Å². The maximum absolute atomic E-state index is 12.6. The number of hydrogen-bond acceptors (Lipinski definition) is 6. The highest BCUT2D eigenvalue weighted by Crippen LogP contribution is 2.23. The fourth-order valence-electron chi connectivity index (χ4n) is 3.54. The highest BCUT2D eigenvalue weighted by atomic mass is 16.5. The fraction of sp³-hybridized carbons (Fsp3) is 0.261. The van der Waals surface area contributed by atoms with Crippen LogP contribution in [0.15, 0.2) is 60.0 Å². The van der Waals surface area contributed by atoms with Crippen LogP contribution in [-0.2, 0) is 22.5 Å². The first-order valence-electron chi connectivity index (χ1n) is 9.79. The summed E-state index contributed by atoms with van der Waals surface area (Å²) < 4.78 is 5.24. The number of aromatic nitrogens is 3. The van der Waals surface area contributed by atoms with E-state index in [9.17, 15) is 4.79 Å². The van der Waals surface area contributed by atoms with Crippen molar-refractivity contribution < 1.29 is 9.53 Å². The molecule has 3 aromatic heterocycles. The zero-order chi connectivity index (χ0) is 20.9. The van der Waals surface area contributed by atoms with E-state index < -0.39 is 0 Å². The third-order valence-electron chi connectivity index (χ3n) is 4.93. The number of methoxy groups -OCH3 is 1. The van der Waals surface area contributed by atoms with Gasteiger partial charge in [0.1, 0.15) is 0 Å². The lowest BCUT2D eigenvalue weighted by atomic mass is 10.0. The van der Waals surface area contributed by atoms with Gasteiger partial charge in [0, 0.05) is 42.5 Å². The highest BCUT2D eigenvalue weighted by molar-refractivity contribution is 6.15. The summed E-state index contributed by atoms with van der Waals surface area (Å²) in [6.45, 7) is 2.90. The van der Waals surface area contributed by atoms with E-state index in [0.29, 0.717) is 18.8 Å². The Morgan fingerprint density at radius 1 is 1.17 bits per heavy atom. The fourth-order valence-corrected chi connectivity index (χ4v) is 3.54. The van der Waals surface area contributed by atoms with Crippen LogP contribution >= 0.6 is 0 Å². The number of ether oxygens (including phenoxy) is 1. The minimum atomic E-state index is -0.303. The smallest absolute Gasteiger partial charge is 0.226 e. The number of amides is 1. The van der Waals surface area contributed by atoms with Gasteiger partial charge in [0.25, 0.3) is 0 Å². The molecule has 4 heterocycles. The van der Waals surface area contributed by atoms with Crippen LogP contribution in [0.5, 0.6) is 0 Å². The second-order valence-electron chi connectivity index (χ2n) is 7.19. The summed E-state index contributed by atoms with van der Waals surface area (Å²) >= 11 is 0. The lowest BCUT2D eigenvalue weighted by molar-refractivity contribution is -0.121. The first-order chi connectivity index (χ1) is 14.6. The molecule has 0 bridgehead atoms. The number of pyridine rings is 3. The SMILES string of the molecule is COC[C@@H](NC(=O)Cc1cc2c(cn1)C(c1ccnc(C)c1)=NC2)c1ccccn1. The van der Waals surface area contributed by atoms with Crippen molar-refractivity contribution in [3.63, 3.8) is 0 Å².